The molecular formula is C18H24N2O4. The molecule has 1 heterocycles. The van der Waals surface area contributed by atoms with Crippen molar-refractivity contribution in [2.24, 2.45) is 0 Å². The third-order valence-electron chi connectivity index (χ3n) is 3.85. The van der Waals surface area contributed by atoms with Crippen LogP contribution in [0.5, 0.6) is 0 Å². The van der Waals surface area contributed by atoms with Crippen LogP contribution in [0.4, 0.5) is 10.5 Å². The number of benzene rings is 1. The number of non-ortho nitro benzene ring substituents is 1. The average Bonchev–Trinajstić information content (AvgIpc) is 2.71. The van der Waals surface area contributed by atoms with E-state index in [1.54, 1.807) is 17.0 Å². The molecule has 0 saturated heterocycles. The Morgan fingerprint density at radius 3 is 2.62 bits per heavy atom. The molecule has 1 aromatic rings. The summed E-state index contributed by atoms with van der Waals surface area (Å²) in [6, 6.07) is 4.91. The SMILES string of the molecule is Cc1cc([N+](=O)[O-])ccc1C1=CCN(C(=O)OC(C)(C)C)CCC1. The van der Waals surface area contributed by atoms with Gasteiger partial charge in [0.15, 0.2) is 0 Å². The van der Waals surface area contributed by atoms with Crippen LogP contribution in [0.15, 0.2) is 24.3 Å². The minimum absolute atomic E-state index is 0.0980. The summed E-state index contributed by atoms with van der Waals surface area (Å²) in [5, 5.41) is 10.9. The standard InChI is InChI=1S/C18H24N2O4/c1-13-12-15(20(22)23)7-8-16(13)14-6-5-10-19(11-9-14)17(21)24-18(2,3)4/h7-9,12H,5-6,10-11H2,1-4H3. The van der Waals surface area contributed by atoms with Gasteiger partial charge in [-0.2, -0.15) is 0 Å². The Hall–Kier alpha value is -2.37. The zero-order valence-corrected chi connectivity index (χ0v) is 14.7. The van der Waals surface area contributed by atoms with E-state index >= 15 is 0 Å². The summed E-state index contributed by atoms with van der Waals surface area (Å²) in [4.78, 5) is 24.4. The van der Waals surface area contributed by atoms with Gasteiger partial charge in [-0.15, -0.1) is 0 Å². The van der Waals surface area contributed by atoms with Gasteiger partial charge in [0.1, 0.15) is 5.60 Å². The predicted octanol–water partition coefficient (Wildman–Crippen LogP) is 4.32. The van der Waals surface area contributed by atoms with Crippen LogP contribution in [-0.4, -0.2) is 34.6 Å². The molecule has 24 heavy (non-hydrogen) atoms. The van der Waals surface area contributed by atoms with E-state index in [0.29, 0.717) is 13.1 Å². The van der Waals surface area contributed by atoms with E-state index in [4.69, 9.17) is 4.74 Å². The van der Waals surface area contributed by atoms with Crippen LogP contribution < -0.4 is 0 Å². The average molecular weight is 332 g/mol. The molecule has 0 aliphatic carbocycles. The molecule has 130 valence electrons. The van der Waals surface area contributed by atoms with Gasteiger partial charge in [-0.1, -0.05) is 6.08 Å². The molecular weight excluding hydrogens is 308 g/mol. The lowest BCUT2D eigenvalue weighted by Gasteiger charge is -2.25. The zero-order valence-electron chi connectivity index (χ0n) is 14.7. The van der Waals surface area contributed by atoms with Gasteiger partial charge in [0.2, 0.25) is 0 Å². The molecule has 2 rings (SSSR count). The van der Waals surface area contributed by atoms with Crippen LogP contribution in [0.2, 0.25) is 0 Å². The maximum Gasteiger partial charge on any atom is 0.410 e. The Bertz CT molecular complexity index is 674. The Morgan fingerprint density at radius 1 is 1.33 bits per heavy atom. The molecule has 0 aromatic heterocycles. The first-order valence-corrected chi connectivity index (χ1v) is 8.10. The minimum Gasteiger partial charge on any atom is -0.444 e. The molecule has 0 atom stereocenters. The third kappa shape index (κ3) is 4.57. The first-order valence-electron chi connectivity index (χ1n) is 8.10. The van der Waals surface area contributed by atoms with E-state index in [0.717, 1.165) is 29.5 Å². The molecule has 0 bridgehead atoms. The van der Waals surface area contributed by atoms with Gasteiger partial charge in [-0.3, -0.25) is 10.1 Å². The number of hydrogen-bond donors (Lipinski definition) is 0. The second kappa shape index (κ2) is 7.03. The van der Waals surface area contributed by atoms with Gasteiger partial charge in [-0.25, -0.2) is 4.79 Å². The van der Waals surface area contributed by atoms with Crippen LogP contribution in [-0.2, 0) is 4.74 Å². The molecule has 1 aromatic carbocycles. The number of allylic oxidation sites excluding steroid dienone is 1. The van der Waals surface area contributed by atoms with E-state index in [1.807, 2.05) is 33.8 Å². The summed E-state index contributed by atoms with van der Waals surface area (Å²) in [6.45, 7) is 8.56. The van der Waals surface area contributed by atoms with Crippen LogP contribution in [0.3, 0.4) is 0 Å². The van der Waals surface area contributed by atoms with E-state index in [2.05, 4.69) is 0 Å². The van der Waals surface area contributed by atoms with Crippen molar-refractivity contribution in [1.29, 1.82) is 0 Å². The van der Waals surface area contributed by atoms with E-state index in [1.165, 1.54) is 6.07 Å². The van der Waals surface area contributed by atoms with Gasteiger partial charge < -0.3 is 9.64 Å². The maximum atomic E-state index is 12.2. The zero-order chi connectivity index (χ0) is 17.9. The van der Waals surface area contributed by atoms with E-state index in [-0.39, 0.29) is 16.7 Å². The molecule has 6 nitrogen and oxygen atoms in total. The van der Waals surface area contributed by atoms with Crippen molar-refractivity contribution in [3.8, 4) is 0 Å². The molecule has 0 fully saturated rings. The monoisotopic (exact) mass is 332 g/mol. The smallest absolute Gasteiger partial charge is 0.410 e. The Kier molecular flexibility index (Phi) is 5.26. The molecule has 1 amide bonds. The van der Waals surface area contributed by atoms with Crippen molar-refractivity contribution in [1.82, 2.24) is 4.90 Å². The predicted molar refractivity (Wildman–Crippen MR) is 92.9 cm³/mol. The molecule has 1 aliphatic heterocycles. The second-order valence-corrected chi connectivity index (χ2v) is 7.02. The highest BCUT2D eigenvalue weighted by Gasteiger charge is 2.23. The number of nitrogens with zero attached hydrogens (tertiary/aromatic N) is 2. The molecule has 0 N–H and O–H groups in total. The molecule has 1 aliphatic rings. The van der Waals surface area contributed by atoms with Crippen molar-refractivity contribution in [3.63, 3.8) is 0 Å². The Balaban J connectivity index is 2.16. The lowest BCUT2D eigenvalue weighted by Crippen LogP contribution is -2.37. The van der Waals surface area contributed by atoms with Gasteiger partial charge in [0.05, 0.1) is 4.92 Å². The lowest BCUT2D eigenvalue weighted by molar-refractivity contribution is -0.384. The van der Waals surface area contributed by atoms with E-state index in [9.17, 15) is 14.9 Å². The molecule has 6 heteroatoms. The largest absolute Gasteiger partial charge is 0.444 e. The fourth-order valence-corrected chi connectivity index (χ4v) is 2.73. The van der Waals surface area contributed by atoms with Gasteiger partial charge in [0, 0.05) is 25.2 Å². The fourth-order valence-electron chi connectivity index (χ4n) is 2.73. The van der Waals surface area contributed by atoms with Gasteiger partial charge in [0.25, 0.3) is 5.69 Å². The van der Waals surface area contributed by atoms with Crippen LogP contribution >= 0.6 is 0 Å². The summed E-state index contributed by atoms with van der Waals surface area (Å²) in [7, 11) is 0. The summed E-state index contributed by atoms with van der Waals surface area (Å²) in [5.41, 5.74) is 2.59. The number of ether oxygens (including phenoxy) is 1. The molecule has 0 unspecified atom stereocenters. The van der Waals surface area contributed by atoms with Gasteiger partial charge >= 0.3 is 6.09 Å². The topological polar surface area (TPSA) is 72.7 Å². The van der Waals surface area contributed by atoms with E-state index < -0.39 is 5.60 Å². The van der Waals surface area contributed by atoms with Crippen molar-refractivity contribution in [2.45, 2.75) is 46.1 Å². The number of nitro groups is 1. The minimum atomic E-state index is -0.509. The van der Waals surface area contributed by atoms with Crippen LogP contribution in [0.1, 0.15) is 44.7 Å². The number of carbonyl (C=O) groups is 1. The fraction of sp³-hybridized carbons (Fsp3) is 0.500. The summed E-state index contributed by atoms with van der Waals surface area (Å²) >= 11 is 0. The molecule has 0 spiro atoms. The number of aryl methyl sites for hydroxylation is 1. The quantitative estimate of drug-likeness (QED) is 0.597. The van der Waals surface area contributed by atoms with Crippen molar-refractivity contribution in [3.05, 3.63) is 45.5 Å². The van der Waals surface area contributed by atoms with Crippen molar-refractivity contribution < 1.29 is 14.5 Å². The lowest BCUT2D eigenvalue weighted by atomic mass is 9.96. The first-order chi connectivity index (χ1) is 11.2. The first kappa shape index (κ1) is 18.0. The Labute approximate surface area is 142 Å². The second-order valence-electron chi connectivity index (χ2n) is 7.02. The summed E-state index contributed by atoms with van der Waals surface area (Å²) < 4.78 is 5.42. The number of amides is 1. The summed E-state index contributed by atoms with van der Waals surface area (Å²) in [5.74, 6) is 0. The van der Waals surface area contributed by atoms with Crippen LogP contribution in [0, 0.1) is 17.0 Å². The number of nitro benzene ring substituents is 1. The highest BCUT2D eigenvalue weighted by Crippen LogP contribution is 2.28. The van der Waals surface area contributed by atoms with Crippen LogP contribution in [0.25, 0.3) is 5.57 Å². The highest BCUT2D eigenvalue weighted by molar-refractivity contribution is 5.72. The molecule has 0 radical (unpaired) electrons. The maximum absolute atomic E-state index is 12.2. The third-order valence-corrected chi connectivity index (χ3v) is 3.85. The van der Waals surface area contributed by atoms with Gasteiger partial charge in [-0.05, 0) is 63.3 Å². The normalized spacial score (nSPS) is 15.5. The summed E-state index contributed by atoms with van der Waals surface area (Å²) in [6.07, 6.45) is 3.38. The molecule has 0 saturated carbocycles. The van der Waals surface area contributed by atoms with Crippen molar-refractivity contribution >= 4 is 17.4 Å². The number of rotatable bonds is 2. The number of hydrogen-bond acceptors (Lipinski definition) is 4. The van der Waals surface area contributed by atoms with Crippen molar-refractivity contribution in [2.75, 3.05) is 13.1 Å². The highest BCUT2D eigenvalue weighted by atomic mass is 16.6. The Morgan fingerprint density at radius 2 is 2.04 bits per heavy atom. The number of carbonyl (C=O) groups excluding carboxylic acids is 1.